The van der Waals surface area contributed by atoms with Crippen LogP contribution in [-0.4, -0.2) is 16.7 Å². The molecule has 1 amide bonds. The molecule has 1 aromatic heterocycles. The lowest BCUT2D eigenvalue weighted by Crippen LogP contribution is -2.13. The molecular weight excluding hydrogens is 184 g/mol. The van der Waals surface area contributed by atoms with Gasteiger partial charge in [-0.3, -0.25) is 9.59 Å². The summed E-state index contributed by atoms with van der Waals surface area (Å²) in [6.45, 7) is 3.22. The van der Waals surface area contributed by atoms with E-state index in [1.807, 2.05) is 0 Å². The molecule has 1 heterocycles. The van der Waals surface area contributed by atoms with Gasteiger partial charge in [-0.2, -0.15) is 0 Å². The van der Waals surface area contributed by atoms with E-state index in [1.165, 1.54) is 13.0 Å². The Morgan fingerprint density at radius 1 is 1.50 bits per heavy atom. The van der Waals surface area contributed by atoms with Crippen LogP contribution >= 0.6 is 0 Å². The van der Waals surface area contributed by atoms with Gasteiger partial charge in [-0.1, -0.05) is 6.08 Å². The summed E-state index contributed by atoms with van der Waals surface area (Å²) < 4.78 is 4.98. The maximum absolute atomic E-state index is 11.2. The summed E-state index contributed by atoms with van der Waals surface area (Å²) in [6, 6.07) is 0. The largest absolute Gasteiger partial charge is 0.438 e. The number of allylic oxidation sites excluding steroid dienone is 2. The number of aryl methyl sites for hydroxylation is 1. The second-order valence-electron chi connectivity index (χ2n) is 2.65. The summed E-state index contributed by atoms with van der Waals surface area (Å²) in [6.07, 6.45) is 2.86. The molecule has 0 saturated heterocycles. The van der Waals surface area contributed by atoms with Crippen LogP contribution in [0.15, 0.2) is 16.6 Å². The summed E-state index contributed by atoms with van der Waals surface area (Å²) in [5.41, 5.74) is 5.01. The lowest BCUT2D eigenvalue weighted by molar-refractivity contribution is 0.0993. The van der Waals surface area contributed by atoms with Crippen molar-refractivity contribution >= 4 is 11.7 Å². The SMILES string of the molecule is C/C=C/C(=O)c1nc(C(N)=O)c(C)o1. The monoisotopic (exact) mass is 194 g/mol. The van der Waals surface area contributed by atoms with Gasteiger partial charge in [0, 0.05) is 0 Å². The van der Waals surface area contributed by atoms with Crippen LogP contribution < -0.4 is 5.73 Å². The fourth-order valence-corrected chi connectivity index (χ4v) is 0.953. The van der Waals surface area contributed by atoms with Gasteiger partial charge in [0.2, 0.25) is 5.78 Å². The van der Waals surface area contributed by atoms with Crippen LogP contribution in [-0.2, 0) is 0 Å². The molecule has 1 rings (SSSR count). The van der Waals surface area contributed by atoms with Crippen LogP contribution in [0.5, 0.6) is 0 Å². The number of oxazole rings is 1. The third-order valence-corrected chi connectivity index (χ3v) is 1.56. The Balaban J connectivity index is 3.08. The predicted molar refractivity (Wildman–Crippen MR) is 48.9 cm³/mol. The first-order valence-corrected chi connectivity index (χ1v) is 4.00. The number of carbonyl (C=O) groups excluding carboxylic acids is 2. The molecule has 0 bridgehead atoms. The molecular formula is C9H10N2O3. The first kappa shape index (κ1) is 10.2. The normalized spacial score (nSPS) is 10.7. The summed E-state index contributed by atoms with van der Waals surface area (Å²) in [4.78, 5) is 25.7. The predicted octanol–water partition coefficient (Wildman–Crippen LogP) is 0.841. The van der Waals surface area contributed by atoms with Crippen LogP contribution in [0.3, 0.4) is 0 Å². The minimum absolute atomic E-state index is 0.00199. The number of carbonyl (C=O) groups is 2. The number of ketones is 1. The number of hydrogen-bond donors (Lipinski definition) is 1. The summed E-state index contributed by atoms with van der Waals surface area (Å²) >= 11 is 0. The minimum Gasteiger partial charge on any atom is -0.438 e. The molecule has 0 aliphatic heterocycles. The van der Waals surface area contributed by atoms with Crippen molar-refractivity contribution in [1.82, 2.24) is 4.98 Å². The van der Waals surface area contributed by atoms with E-state index in [9.17, 15) is 9.59 Å². The molecule has 0 aliphatic carbocycles. The van der Waals surface area contributed by atoms with E-state index >= 15 is 0 Å². The lowest BCUT2D eigenvalue weighted by Gasteiger charge is -1.84. The maximum atomic E-state index is 11.2. The fourth-order valence-electron chi connectivity index (χ4n) is 0.953. The van der Waals surface area contributed by atoms with Gasteiger partial charge in [0.1, 0.15) is 5.76 Å². The minimum atomic E-state index is -0.703. The number of rotatable bonds is 3. The molecule has 0 radical (unpaired) electrons. The molecule has 1 aromatic rings. The van der Waals surface area contributed by atoms with Crippen molar-refractivity contribution in [2.75, 3.05) is 0 Å². The molecule has 0 saturated carbocycles. The molecule has 74 valence electrons. The Morgan fingerprint density at radius 3 is 2.57 bits per heavy atom. The molecule has 0 aliphatic rings. The van der Waals surface area contributed by atoms with Crippen LogP contribution in [0.2, 0.25) is 0 Å². The van der Waals surface area contributed by atoms with Gasteiger partial charge in [0.05, 0.1) is 0 Å². The number of primary amides is 1. The van der Waals surface area contributed by atoms with E-state index in [0.717, 1.165) is 0 Å². The summed E-state index contributed by atoms with van der Waals surface area (Å²) in [7, 11) is 0. The molecule has 5 heteroatoms. The van der Waals surface area contributed by atoms with Crippen LogP contribution in [0, 0.1) is 6.92 Å². The molecule has 0 fully saturated rings. The first-order valence-electron chi connectivity index (χ1n) is 4.00. The van der Waals surface area contributed by atoms with Crippen LogP contribution in [0.1, 0.15) is 33.9 Å². The van der Waals surface area contributed by atoms with E-state index in [0.29, 0.717) is 0 Å². The van der Waals surface area contributed by atoms with E-state index in [-0.39, 0.29) is 23.1 Å². The number of nitrogens with two attached hydrogens (primary N) is 1. The van der Waals surface area contributed by atoms with E-state index < -0.39 is 5.91 Å². The Morgan fingerprint density at radius 2 is 2.14 bits per heavy atom. The summed E-state index contributed by atoms with van der Waals surface area (Å²) in [5.74, 6) is -0.950. The average molecular weight is 194 g/mol. The van der Waals surface area contributed by atoms with Crippen LogP contribution in [0.4, 0.5) is 0 Å². The zero-order chi connectivity index (χ0) is 10.7. The van der Waals surface area contributed by atoms with Gasteiger partial charge >= 0.3 is 0 Å². The van der Waals surface area contributed by atoms with E-state index in [1.54, 1.807) is 13.0 Å². The van der Waals surface area contributed by atoms with Crippen molar-refractivity contribution in [3.05, 3.63) is 29.5 Å². The zero-order valence-electron chi connectivity index (χ0n) is 7.90. The van der Waals surface area contributed by atoms with Crippen molar-refractivity contribution < 1.29 is 14.0 Å². The Bertz CT molecular complexity index is 404. The standard InChI is InChI=1S/C9H10N2O3/c1-3-4-6(12)9-11-7(8(10)13)5(2)14-9/h3-4H,1-2H3,(H2,10,13)/b4-3+. The number of aromatic nitrogens is 1. The maximum Gasteiger partial charge on any atom is 0.270 e. The highest BCUT2D eigenvalue weighted by molar-refractivity contribution is 6.02. The zero-order valence-corrected chi connectivity index (χ0v) is 7.90. The van der Waals surface area contributed by atoms with Crippen LogP contribution in [0.25, 0.3) is 0 Å². The highest BCUT2D eigenvalue weighted by Gasteiger charge is 2.17. The summed E-state index contributed by atoms with van der Waals surface area (Å²) in [5, 5.41) is 0. The van der Waals surface area contributed by atoms with Gasteiger partial charge in [0.15, 0.2) is 5.69 Å². The molecule has 0 unspecified atom stereocenters. The molecule has 0 aromatic carbocycles. The van der Waals surface area contributed by atoms with Gasteiger partial charge in [0.25, 0.3) is 11.8 Å². The van der Waals surface area contributed by atoms with Crippen molar-refractivity contribution in [2.24, 2.45) is 5.73 Å². The Kier molecular flexibility index (Phi) is 2.81. The second-order valence-corrected chi connectivity index (χ2v) is 2.65. The third-order valence-electron chi connectivity index (χ3n) is 1.56. The average Bonchev–Trinajstić information content (AvgIpc) is 2.48. The highest BCUT2D eigenvalue weighted by atomic mass is 16.4. The van der Waals surface area contributed by atoms with Crippen molar-refractivity contribution in [3.8, 4) is 0 Å². The fraction of sp³-hybridized carbons (Fsp3) is 0.222. The van der Waals surface area contributed by atoms with Crippen molar-refractivity contribution in [1.29, 1.82) is 0 Å². The Hall–Kier alpha value is -1.91. The third kappa shape index (κ3) is 1.87. The number of hydrogen-bond acceptors (Lipinski definition) is 4. The van der Waals surface area contributed by atoms with Gasteiger partial charge in [-0.05, 0) is 19.9 Å². The first-order chi connectivity index (χ1) is 6.56. The van der Waals surface area contributed by atoms with Crippen molar-refractivity contribution in [3.63, 3.8) is 0 Å². The smallest absolute Gasteiger partial charge is 0.270 e. The van der Waals surface area contributed by atoms with E-state index in [4.69, 9.17) is 10.2 Å². The molecule has 2 N–H and O–H groups in total. The number of amides is 1. The topological polar surface area (TPSA) is 86.2 Å². The molecule has 14 heavy (non-hydrogen) atoms. The van der Waals surface area contributed by atoms with Gasteiger partial charge < -0.3 is 10.2 Å². The second kappa shape index (κ2) is 3.87. The Labute approximate surface area is 80.6 Å². The van der Waals surface area contributed by atoms with E-state index in [2.05, 4.69) is 4.98 Å². The molecule has 0 spiro atoms. The molecule has 5 nitrogen and oxygen atoms in total. The molecule has 0 atom stereocenters. The highest BCUT2D eigenvalue weighted by Crippen LogP contribution is 2.09. The number of nitrogens with zero attached hydrogens (tertiary/aromatic N) is 1. The van der Waals surface area contributed by atoms with Gasteiger partial charge in [-0.25, -0.2) is 4.98 Å². The van der Waals surface area contributed by atoms with Gasteiger partial charge in [-0.15, -0.1) is 0 Å². The van der Waals surface area contributed by atoms with Crippen molar-refractivity contribution in [2.45, 2.75) is 13.8 Å². The lowest BCUT2D eigenvalue weighted by atomic mass is 10.3. The quantitative estimate of drug-likeness (QED) is 0.570.